The first-order valence-corrected chi connectivity index (χ1v) is 6.46. The van der Waals surface area contributed by atoms with Crippen LogP contribution in [-0.2, 0) is 14.8 Å². The van der Waals surface area contributed by atoms with Crippen LogP contribution in [0.1, 0.15) is 6.92 Å². The fourth-order valence-corrected chi connectivity index (χ4v) is 2.59. The molecular formula is C8H9BrN2O4S. The first kappa shape index (κ1) is 13.1. The van der Waals surface area contributed by atoms with E-state index < -0.39 is 22.0 Å². The van der Waals surface area contributed by atoms with Crippen molar-refractivity contribution in [3.05, 3.63) is 22.9 Å². The fourth-order valence-electron chi connectivity index (χ4n) is 0.891. The molecule has 6 nitrogen and oxygen atoms in total. The monoisotopic (exact) mass is 308 g/mol. The van der Waals surface area contributed by atoms with Gasteiger partial charge in [-0.25, -0.2) is 8.42 Å². The predicted octanol–water partition coefficient (Wildman–Crippen LogP) is 0.595. The molecule has 0 aliphatic rings. The van der Waals surface area contributed by atoms with Gasteiger partial charge in [-0.15, -0.1) is 0 Å². The average Bonchev–Trinajstić information content (AvgIpc) is 2.17. The van der Waals surface area contributed by atoms with Crippen molar-refractivity contribution in [2.24, 2.45) is 0 Å². The molecule has 88 valence electrons. The second kappa shape index (κ2) is 4.89. The highest BCUT2D eigenvalue weighted by Crippen LogP contribution is 2.14. The summed E-state index contributed by atoms with van der Waals surface area (Å²) >= 11 is 3.08. The fraction of sp³-hybridized carbons (Fsp3) is 0.250. The Kier molecular flexibility index (Phi) is 4.00. The molecule has 0 saturated carbocycles. The third kappa shape index (κ3) is 3.26. The lowest BCUT2D eigenvalue weighted by Gasteiger charge is -2.09. The molecule has 1 rings (SSSR count). The maximum Gasteiger partial charge on any atom is 0.321 e. The molecule has 8 heteroatoms. The molecule has 0 amide bonds. The second-order valence-electron chi connectivity index (χ2n) is 3.02. The molecule has 1 aromatic heterocycles. The van der Waals surface area contributed by atoms with Gasteiger partial charge in [0, 0.05) is 16.9 Å². The molecule has 0 spiro atoms. The number of hydrogen-bond donors (Lipinski definition) is 2. The van der Waals surface area contributed by atoms with Gasteiger partial charge in [-0.2, -0.15) is 4.72 Å². The van der Waals surface area contributed by atoms with Crippen LogP contribution < -0.4 is 4.72 Å². The van der Waals surface area contributed by atoms with E-state index >= 15 is 0 Å². The molecule has 0 aliphatic carbocycles. The highest BCUT2D eigenvalue weighted by Gasteiger charge is 2.21. The number of nitrogens with one attached hydrogen (secondary N) is 1. The van der Waals surface area contributed by atoms with Gasteiger partial charge < -0.3 is 5.11 Å². The van der Waals surface area contributed by atoms with Crippen LogP contribution in [0.5, 0.6) is 0 Å². The van der Waals surface area contributed by atoms with E-state index in [1.807, 2.05) is 4.72 Å². The number of aliphatic carboxylic acids is 1. The van der Waals surface area contributed by atoms with E-state index in [-0.39, 0.29) is 4.90 Å². The van der Waals surface area contributed by atoms with Gasteiger partial charge in [-0.3, -0.25) is 9.78 Å². The van der Waals surface area contributed by atoms with E-state index in [0.717, 1.165) is 6.20 Å². The van der Waals surface area contributed by atoms with Crippen LogP contribution in [0.2, 0.25) is 0 Å². The molecule has 1 aromatic rings. The second-order valence-corrected chi connectivity index (χ2v) is 5.65. The average molecular weight is 309 g/mol. The van der Waals surface area contributed by atoms with Gasteiger partial charge in [0.25, 0.3) is 0 Å². The summed E-state index contributed by atoms with van der Waals surface area (Å²) < 4.78 is 25.8. The SMILES string of the molecule is CC(NS(=O)(=O)c1cncc(Br)c1)C(=O)O. The summed E-state index contributed by atoms with van der Waals surface area (Å²) in [6.45, 7) is 1.24. The van der Waals surface area contributed by atoms with Gasteiger partial charge in [0.15, 0.2) is 0 Å². The maximum absolute atomic E-state index is 11.7. The van der Waals surface area contributed by atoms with Crippen molar-refractivity contribution in [1.29, 1.82) is 0 Å². The summed E-state index contributed by atoms with van der Waals surface area (Å²) in [7, 11) is -3.85. The van der Waals surface area contributed by atoms with E-state index in [1.54, 1.807) is 0 Å². The van der Waals surface area contributed by atoms with Crippen LogP contribution >= 0.6 is 15.9 Å². The number of halogens is 1. The number of hydrogen-bond acceptors (Lipinski definition) is 4. The molecule has 1 atom stereocenters. The summed E-state index contributed by atoms with van der Waals surface area (Å²) in [5.74, 6) is -1.24. The Morgan fingerprint density at radius 3 is 2.69 bits per heavy atom. The molecule has 1 heterocycles. The molecule has 0 radical (unpaired) electrons. The van der Waals surface area contributed by atoms with E-state index in [1.165, 1.54) is 19.2 Å². The summed E-state index contributed by atoms with van der Waals surface area (Å²) in [5, 5.41) is 8.59. The van der Waals surface area contributed by atoms with Crippen molar-refractivity contribution in [1.82, 2.24) is 9.71 Å². The molecule has 0 fully saturated rings. The number of carboxylic acid groups (broad SMARTS) is 1. The molecule has 0 bridgehead atoms. The van der Waals surface area contributed by atoms with E-state index in [2.05, 4.69) is 20.9 Å². The molecule has 2 N–H and O–H groups in total. The van der Waals surface area contributed by atoms with E-state index in [9.17, 15) is 13.2 Å². The predicted molar refractivity (Wildman–Crippen MR) is 59.4 cm³/mol. The van der Waals surface area contributed by atoms with Gasteiger partial charge in [-0.1, -0.05) is 0 Å². The van der Waals surface area contributed by atoms with Crippen LogP contribution in [0.25, 0.3) is 0 Å². The Bertz CT molecular complexity index is 503. The minimum absolute atomic E-state index is 0.0880. The third-order valence-electron chi connectivity index (χ3n) is 1.69. The Morgan fingerprint density at radius 1 is 1.56 bits per heavy atom. The topological polar surface area (TPSA) is 96.4 Å². The summed E-state index contributed by atoms with van der Waals surface area (Å²) in [5.41, 5.74) is 0. The van der Waals surface area contributed by atoms with Gasteiger partial charge in [0.05, 0.1) is 0 Å². The molecule has 16 heavy (non-hydrogen) atoms. The number of nitrogens with zero attached hydrogens (tertiary/aromatic N) is 1. The number of rotatable bonds is 4. The van der Waals surface area contributed by atoms with Crippen molar-refractivity contribution >= 4 is 31.9 Å². The quantitative estimate of drug-likeness (QED) is 0.849. The Morgan fingerprint density at radius 2 is 2.19 bits per heavy atom. The standard InChI is InChI=1S/C8H9BrN2O4S/c1-5(8(12)13)11-16(14,15)7-2-6(9)3-10-4-7/h2-5,11H,1H3,(H,12,13). The van der Waals surface area contributed by atoms with E-state index in [4.69, 9.17) is 5.11 Å². The summed E-state index contributed by atoms with van der Waals surface area (Å²) in [6, 6.07) is 0.146. The highest BCUT2D eigenvalue weighted by atomic mass is 79.9. The Balaban J connectivity index is 2.99. The van der Waals surface area contributed by atoms with Crippen molar-refractivity contribution < 1.29 is 18.3 Å². The van der Waals surface area contributed by atoms with Crippen molar-refractivity contribution in [2.75, 3.05) is 0 Å². The zero-order chi connectivity index (χ0) is 12.3. The van der Waals surface area contributed by atoms with Crippen molar-refractivity contribution in [3.63, 3.8) is 0 Å². The van der Waals surface area contributed by atoms with Crippen molar-refractivity contribution in [2.45, 2.75) is 17.9 Å². The zero-order valence-corrected chi connectivity index (χ0v) is 10.6. The largest absolute Gasteiger partial charge is 0.480 e. The number of carbonyl (C=O) groups is 1. The van der Waals surface area contributed by atoms with Crippen LogP contribution in [0.4, 0.5) is 0 Å². The number of sulfonamides is 1. The van der Waals surface area contributed by atoms with Crippen LogP contribution in [-0.4, -0.2) is 30.5 Å². The molecule has 1 unspecified atom stereocenters. The number of carboxylic acids is 1. The third-order valence-corrected chi connectivity index (χ3v) is 3.63. The minimum atomic E-state index is -3.85. The number of aromatic nitrogens is 1. The lowest BCUT2D eigenvalue weighted by atomic mass is 10.4. The summed E-state index contributed by atoms with van der Waals surface area (Å²) in [6.07, 6.45) is 2.57. The molecule has 0 saturated heterocycles. The van der Waals surface area contributed by atoms with Crippen LogP contribution in [0, 0.1) is 0 Å². The zero-order valence-electron chi connectivity index (χ0n) is 8.21. The molecule has 0 aliphatic heterocycles. The van der Waals surface area contributed by atoms with Crippen LogP contribution in [0.15, 0.2) is 27.8 Å². The molecular weight excluding hydrogens is 300 g/mol. The summed E-state index contributed by atoms with van der Waals surface area (Å²) in [4.78, 5) is 14.1. The smallest absolute Gasteiger partial charge is 0.321 e. The Hall–Kier alpha value is -0.990. The van der Waals surface area contributed by atoms with Gasteiger partial charge in [-0.05, 0) is 28.9 Å². The first-order chi connectivity index (χ1) is 7.33. The minimum Gasteiger partial charge on any atom is -0.480 e. The lowest BCUT2D eigenvalue weighted by molar-refractivity contribution is -0.138. The maximum atomic E-state index is 11.7. The normalized spacial score (nSPS) is 13.4. The van der Waals surface area contributed by atoms with Crippen molar-refractivity contribution in [3.8, 4) is 0 Å². The highest BCUT2D eigenvalue weighted by molar-refractivity contribution is 9.10. The Labute approximate surface area is 101 Å². The van der Waals surface area contributed by atoms with Crippen LogP contribution in [0.3, 0.4) is 0 Å². The lowest BCUT2D eigenvalue weighted by Crippen LogP contribution is -2.38. The van der Waals surface area contributed by atoms with Gasteiger partial charge in [0.1, 0.15) is 10.9 Å². The van der Waals surface area contributed by atoms with E-state index in [0.29, 0.717) is 4.47 Å². The van der Waals surface area contributed by atoms with Gasteiger partial charge in [0.2, 0.25) is 10.0 Å². The van der Waals surface area contributed by atoms with Gasteiger partial charge >= 0.3 is 5.97 Å². The number of pyridine rings is 1. The first-order valence-electron chi connectivity index (χ1n) is 4.18. The molecule has 0 aromatic carbocycles.